The Labute approximate surface area is 165 Å². The standard InChI is InChI=1S/C19H23F2N3O3S/c20-14-5-12(27-9-11-7-22-8-15(11)21)6-16-18(14)19(25)24-17(23-16)10-28-13-1-3-26-4-2-13/h5-6,11,13,15,22H,1-4,7-10H2,(H,23,24,25). The monoisotopic (exact) mass is 411 g/mol. The predicted octanol–water partition coefficient (Wildman–Crippen LogP) is 2.41. The summed E-state index contributed by atoms with van der Waals surface area (Å²) in [6, 6.07) is 2.71. The molecule has 2 unspecified atom stereocenters. The SMILES string of the molecule is O=c1[nH]c(CSC2CCOCC2)nc2cc(OCC3CNCC3F)cc(F)c12. The number of nitrogens with zero attached hydrogens (tertiary/aromatic N) is 1. The van der Waals surface area contributed by atoms with Crippen LogP contribution in [0.15, 0.2) is 16.9 Å². The Morgan fingerprint density at radius 1 is 1.29 bits per heavy atom. The van der Waals surface area contributed by atoms with Crippen molar-refractivity contribution in [2.45, 2.75) is 30.0 Å². The van der Waals surface area contributed by atoms with Crippen molar-refractivity contribution in [1.82, 2.24) is 15.3 Å². The van der Waals surface area contributed by atoms with Gasteiger partial charge in [-0.3, -0.25) is 4.79 Å². The fraction of sp³-hybridized carbons (Fsp3) is 0.579. The summed E-state index contributed by atoms with van der Waals surface area (Å²) in [5.41, 5.74) is -0.247. The lowest BCUT2D eigenvalue weighted by molar-refractivity contribution is 0.1000. The van der Waals surface area contributed by atoms with Gasteiger partial charge in [0, 0.05) is 49.6 Å². The number of aromatic nitrogens is 2. The smallest absolute Gasteiger partial charge is 0.261 e. The van der Waals surface area contributed by atoms with Gasteiger partial charge in [0.2, 0.25) is 0 Å². The number of nitrogens with one attached hydrogen (secondary N) is 2. The molecule has 0 aliphatic carbocycles. The maximum absolute atomic E-state index is 14.4. The highest BCUT2D eigenvalue weighted by molar-refractivity contribution is 7.99. The molecule has 1 aromatic heterocycles. The number of rotatable bonds is 6. The lowest BCUT2D eigenvalue weighted by atomic mass is 10.1. The van der Waals surface area contributed by atoms with Gasteiger partial charge >= 0.3 is 0 Å². The summed E-state index contributed by atoms with van der Waals surface area (Å²) in [7, 11) is 0. The largest absolute Gasteiger partial charge is 0.493 e. The lowest BCUT2D eigenvalue weighted by Gasteiger charge is -2.21. The minimum atomic E-state index is -0.972. The van der Waals surface area contributed by atoms with Crippen molar-refractivity contribution in [1.29, 1.82) is 0 Å². The summed E-state index contributed by atoms with van der Waals surface area (Å²) in [6.45, 7) is 2.49. The van der Waals surface area contributed by atoms with E-state index in [1.165, 1.54) is 0 Å². The van der Waals surface area contributed by atoms with E-state index in [9.17, 15) is 13.6 Å². The number of hydrogen-bond acceptors (Lipinski definition) is 6. The molecule has 0 saturated carbocycles. The van der Waals surface area contributed by atoms with Crippen LogP contribution in [0.1, 0.15) is 18.7 Å². The van der Waals surface area contributed by atoms with Gasteiger partial charge in [0.15, 0.2) is 0 Å². The van der Waals surface area contributed by atoms with Gasteiger partial charge in [0.1, 0.15) is 28.9 Å². The van der Waals surface area contributed by atoms with Crippen molar-refractivity contribution in [3.63, 3.8) is 0 Å². The predicted molar refractivity (Wildman–Crippen MR) is 104 cm³/mol. The molecular formula is C19H23F2N3O3S. The molecule has 4 rings (SSSR count). The highest BCUT2D eigenvalue weighted by atomic mass is 32.2. The molecule has 28 heavy (non-hydrogen) atoms. The van der Waals surface area contributed by atoms with Crippen LogP contribution in [0.4, 0.5) is 8.78 Å². The Bertz CT molecular complexity index is 889. The topological polar surface area (TPSA) is 76.2 Å². The normalized spacial score (nSPS) is 23.4. The third-order valence-corrected chi connectivity index (χ3v) is 6.51. The van der Waals surface area contributed by atoms with Gasteiger partial charge in [-0.15, -0.1) is 0 Å². The molecule has 2 N–H and O–H groups in total. The van der Waals surface area contributed by atoms with Gasteiger partial charge in [-0.2, -0.15) is 11.8 Å². The average Bonchev–Trinajstić information content (AvgIpc) is 3.10. The van der Waals surface area contributed by atoms with Crippen molar-refractivity contribution < 1.29 is 18.3 Å². The van der Waals surface area contributed by atoms with Gasteiger partial charge in [-0.05, 0) is 12.8 Å². The van der Waals surface area contributed by atoms with Crippen LogP contribution in [-0.4, -0.2) is 54.3 Å². The quantitative estimate of drug-likeness (QED) is 0.760. The highest BCUT2D eigenvalue weighted by Crippen LogP contribution is 2.26. The maximum Gasteiger partial charge on any atom is 0.261 e. The molecule has 6 nitrogen and oxygen atoms in total. The van der Waals surface area contributed by atoms with E-state index in [1.54, 1.807) is 17.8 Å². The number of thioether (sulfide) groups is 1. The first-order chi connectivity index (χ1) is 13.6. The van der Waals surface area contributed by atoms with Crippen molar-refractivity contribution in [2.24, 2.45) is 5.92 Å². The molecule has 3 heterocycles. The maximum atomic E-state index is 14.4. The lowest BCUT2D eigenvalue weighted by Crippen LogP contribution is -2.21. The number of benzene rings is 1. The van der Waals surface area contributed by atoms with Gasteiger partial charge in [0.05, 0.1) is 17.9 Å². The van der Waals surface area contributed by atoms with Crippen molar-refractivity contribution >= 4 is 22.7 Å². The van der Waals surface area contributed by atoms with Crippen molar-refractivity contribution in [3.8, 4) is 5.75 Å². The van der Waals surface area contributed by atoms with E-state index in [1.807, 2.05) is 0 Å². The molecule has 2 saturated heterocycles. The third kappa shape index (κ3) is 4.47. The molecule has 1 aromatic carbocycles. The first-order valence-corrected chi connectivity index (χ1v) is 10.5. The number of hydrogen-bond donors (Lipinski definition) is 2. The zero-order valence-electron chi connectivity index (χ0n) is 15.4. The van der Waals surface area contributed by atoms with Crippen LogP contribution in [0.5, 0.6) is 5.75 Å². The van der Waals surface area contributed by atoms with Gasteiger partial charge in [-0.1, -0.05) is 0 Å². The summed E-state index contributed by atoms with van der Waals surface area (Å²) >= 11 is 1.72. The highest BCUT2D eigenvalue weighted by Gasteiger charge is 2.27. The number of halogens is 2. The Morgan fingerprint density at radius 3 is 2.86 bits per heavy atom. The minimum absolute atomic E-state index is 0.0851. The number of alkyl halides is 1. The third-order valence-electron chi connectivity index (χ3n) is 5.13. The van der Waals surface area contributed by atoms with Crippen LogP contribution in [0, 0.1) is 11.7 Å². The van der Waals surface area contributed by atoms with Crippen LogP contribution < -0.4 is 15.6 Å². The Balaban J connectivity index is 1.50. The summed E-state index contributed by atoms with van der Waals surface area (Å²) in [5, 5.41) is 3.34. The van der Waals surface area contributed by atoms with E-state index in [0.29, 0.717) is 29.9 Å². The van der Waals surface area contributed by atoms with Crippen molar-refractivity contribution in [3.05, 3.63) is 34.1 Å². The number of H-pyrrole nitrogens is 1. The molecular weight excluding hydrogens is 388 g/mol. The van der Waals surface area contributed by atoms with Crippen LogP contribution in [0.2, 0.25) is 0 Å². The molecule has 2 aromatic rings. The Kier molecular flexibility index (Phi) is 6.13. The van der Waals surface area contributed by atoms with Crippen LogP contribution in [-0.2, 0) is 10.5 Å². The molecule has 0 amide bonds. The van der Waals surface area contributed by atoms with E-state index in [2.05, 4.69) is 15.3 Å². The van der Waals surface area contributed by atoms with Gasteiger partial charge in [0.25, 0.3) is 5.56 Å². The molecule has 0 bridgehead atoms. The van der Waals surface area contributed by atoms with E-state index >= 15 is 0 Å². The second-order valence-electron chi connectivity index (χ2n) is 7.18. The molecule has 2 atom stereocenters. The molecule has 0 spiro atoms. The van der Waals surface area contributed by atoms with Crippen LogP contribution in [0.25, 0.3) is 10.9 Å². The van der Waals surface area contributed by atoms with Crippen molar-refractivity contribution in [2.75, 3.05) is 32.9 Å². The van der Waals surface area contributed by atoms with Crippen LogP contribution in [0.3, 0.4) is 0 Å². The summed E-state index contributed by atoms with van der Waals surface area (Å²) in [5.74, 6) is 0.350. The summed E-state index contributed by atoms with van der Waals surface area (Å²) in [4.78, 5) is 19.4. The number of aromatic amines is 1. The second kappa shape index (κ2) is 8.75. The molecule has 2 fully saturated rings. The molecule has 152 valence electrons. The van der Waals surface area contributed by atoms with E-state index in [0.717, 1.165) is 32.1 Å². The van der Waals surface area contributed by atoms with Gasteiger partial charge < -0.3 is 19.8 Å². The second-order valence-corrected chi connectivity index (χ2v) is 8.47. The molecule has 2 aliphatic rings. The van der Waals surface area contributed by atoms with E-state index in [4.69, 9.17) is 9.47 Å². The fourth-order valence-corrected chi connectivity index (χ4v) is 4.56. The Morgan fingerprint density at radius 2 is 2.11 bits per heavy atom. The first-order valence-electron chi connectivity index (χ1n) is 9.49. The number of fused-ring (bicyclic) bond motifs is 1. The molecule has 9 heteroatoms. The van der Waals surface area contributed by atoms with Gasteiger partial charge in [-0.25, -0.2) is 13.8 Å². The number of ether oxygens (including phenoxy) is 2. The molecule has 0 radical (unpaired) electrons. The fourth-order valence-electron chi connectivity index (χ4n) is 3.51. The van der Waals surface area contributed by atoms with Crippen LogP contribution >= 0.6 is 11.8 Å². The zero-order valence-corrected chi connectivity index (χ0v) is 16.2. The van der Waals surface area contributed by atoms with E-state index < -0.39 is 17.5 Å². The Hall–Kier alpha value is -1.71. The average molecular weight is 411 g/mol. The summed E-state index contributed by atoms with van der Waals surface area (Å²) in [6.07, 6.45) is 0.974. The molecule has 2 aliphatic heterocycles. The van der Waals surface area contributed by atoms with E-state index in [-0.39, 0.29) is 29.2 Å². The zero-order chi connectivity index (χ0) is 19.5. The minimum Gasteiger partial charge on any atom is -0.493 e. The summed E-state index contributed by atoms with van der Waals surface area (Å²) < 4.78 is 39.1. The first kappa shape index (κ1) is 19.6.